The number of benzene rings is 1. The van der Waals surface area contributed by atoms with Gasteiger partial charge in [0.2, 0.25) is 0 Å². The van der Waals surface area contributed by atoms with Crippen LogP contribution < -0.4 is 21.6 Å². The Balaban J connectivity index is 1.73. The number of aryl methyl sites for hydroxylation is 1. The number of anilines is 1. The fourth-order valence-corrected chi connectivity index (χ4v) is 3.35. The molecule has 2 heterocycles. The summed E-state index contributed by atoms with van der Waals surface area (Å²) in [6.07, 6.45) is 2.67. The molecule has 0 atom stereocenters. The Morgan fingerprint density at radius 1 is 1.23 bits per heavy atom. The number of aromatic hydroxyl groups is 1. The van der Waals surface area contributed by atoms with Crippen LogP contribution >= 0.6 is 0 Å². The van der Waals surface area contributed by atoms with Crippen LogP contribution in [0.5, 0.6) is 5.75 Å². The minimum absolute atomic E-state index is 0.0499. The van der Waals surface area contributed by atoms with E-state index in [4.69, 9.17) is 0 Å². The summed E-state index contributed by atoms with van der Waals surface area (Å²) in [5, 5.41) is 14.1. The summed E-state index contributed by atoms with van der Waals surface area (Å²) in [5.74, 6) is -0.434. The predicted molar refractivity (Wildman–Crippen MR) is 118 cm³/mol. The van der Waals surface area contributed by atoms with Gasteiger partial charge < -0.3 is 14.6 Å². The standard InChI is InChI=1S/C20H25N7O4/c1-5-26(6-2)14-8-7-13(15(28)9-14)10-22-23-16(29)11-27-12-21-17-18(27)24(3)20(31)25(4)19(17)30/h7-10,12,28H,5-6,11H2,1-4H3,(H,23,29)/b22-10-. The lowest BCUT2D eigenvalue weighted by molar-refractivity contribution is -0.121. The molecule has 3 rings (SSSR count). The molecule has 0 aliphatic rings. The second-order valence-electron chi connectivity index (χ2n) is 6.96. The highest BCUT2D eigenvalue weighted by Gasteiger charge is 2.15. The van der Waals surface area contributed by atoms with Crippen LogP contribution in [0.1, 0.15) is 19.4 Å². The number of hydrazone groups is 1. The molecule has 2 N–H and O–H groups in total. The lowest BCUT2D eigenvalue weighted by atomic mass is 10.2. The number of phenols is 1. The van der Waals surface area contributed by atoms with E-state index in [0.29, 0.717) is 5.56 Å². The zero-order valence-electron chi connectivity index (χ0n) is 17.9. The van der Waals surface area contributed by atoms with Crippen molar-refractivity contribution >= 4 is 29.0 Å². The monoisotopic (exact) mass is 427 g/mol. The third-order valence-corrected chi connectivity index (χ3v) is 5.06. The van der Waals surface area contributed by atoms with Crippen LogP contribution in [0.25, 0.3) is 11.2 Å². The number of aromatic nitrogens is 4. The first-order chi connectivity index (χ1) is 14.8. The Bertz CT molecular complexity index is 1260. The molecule has 0 aliphatic carbocycles. The molecule has 0 unspecified atom stereocenters. The predicted octanol–water partition coefficient (Wildman–Crippen LogP) is 0.136. The van der Waals surface area contributed by atoms with E-state index in [1.807, 2.05) is 19.9 Å². The smallest absolute Gasteiger partial charge is 0.332 e. The van der Waals surface area contributed by atoms with E-state index in [1.54, 1.807) is 12.1 Å². The van der Waals surface area contributed by atoms with Gasteiger partial charge in [-0.25, -0.2) is 15.2 Å². The van der Waals surface area contributed by atoms with Crippen molar-refractivity contribution in [1.29, 1.82) is 0 Å². The van der Waals surface area contributed by atoms with E-state index in [2.05, 4.69) is 20.4 Å². The first kappa shape index (κ1) is 21.8. The van der Waals surface area contributed by atoms with Crippen LogP contribution in [0.3, 0.4) is 0 Å². The maximum Gasteiger partial charge on any atom is 0.332 e. The number of imidazole rings is 1. The van der Waals surface area contributed by atoms with Gasteiger partial charge in [0.05, 0.1) is 12.5 Å². The maximum absolute atomic E-state index is 12.3. The summed E-state index contributed by atoms with van der Waals surface area (Å²) in [7, 11) is 2.87. The van der Waals surface area contributed by atoms with Gasteiger partial charge in [-0.05, 0) is 26.0 Å². The Morgan fingerprint density at radius 2 is 1.94 bits per heavy atom. The summed E-state index contributed by atoms with van der Waals surface area (Å²) in [6.45, 7) is 5.51. The molecule has 1 amide bonds. The van der Waals surface area contributed by atoms with Crippen LogP contribution in [-0.4, -0.2) is 49.0 Å². The van der Waals surface area contributed by atoms with Crippen LogP contribution in [0.4, 0.5) is 5.69 Å². The van der Waals surface area contributed by atoms with E-state index >= 15 is 0 Å². The quantitative estimate of drug-likeness (QED) is 0.408. The average molecular weight is 427 g/mol. The van der Waals surface area contributed by atoms with Crippen LogP contribution in [-0.2, 0) is 25.4 Å². The molecule has 11 heteroatoms. The van der Waals surface area contributed by atoms with Crippen LogP contribution in [0.2, 0.25) is 0 Å². The van der Waals surface area contributed by atoms with Gasteiger partial charge >= 0.3 is 5.69 Å². The number of nitrogens with zero attached hydrogens (tertiary/aromatic N) is 6. The fraction of sp³-hybridized carbons (Fsp3) is 0.350. The number of phenolic OH excluding ortho intramolecular Hbond substituents is 1. The van der Waals surface area contributed by atoms with Crippen molar-refractivity contribution in [3.63, 3.8) is 0 Å². The van der Waals surface area contributed by atoms with Gasteiger partial charge in [0.1, 0.15) is 17.9 Å². The van der Waals surface area contributed by atoms with Crippen molar-refractivity contribution in [3.05, 3.63) is 50.9 Å². The number of hydrogen-bond acceptors (Lipinski definition) is 7. The second-order valence-corrected chi connectivity index (χ2v) is 6.96. The van der Waals surface area contributed by atoms with E-state index in [0.717, 1.165) is 23.3 Å². The topological polar surface area (TPSA) is 127 Å². The number of carbonyl (C=O) groups excluding carboxylic acids is 1. The summed E-state index contributed by atoms with van der Waals surface area (Å²) in [6, 6.07) is 5.23. The number of carbonyl (C=O) groups is 1. The fourth-order valence-electron chi connectivity index (χ4n) is 3.35. The summed E-state index contributed by atoms with van der Waals surface area (Å²) in [4.78, 5) is 42.7. The first-order valence-electron chi connectivity index (χ1n) is 9.79. The maximum atomic E-state index is 12.3. The molecule has 1 aromatic carbocycles. The number of nitrogens with one attached hydrogen (secondary N) is 1. The van der Waals surface area contributed by atoms with Crippen LogP contribution in [0, 0.1) is 0 Å². The normalized spacial score (nSPS) is 11.4. The molecule has 0 radical (unpaired) electrons. The highest BCUT2D eigenvalue weighted by atomic mass is 16.3. The number of rotatable bonds is 7. The highest BCUT2D eigenvalue weighted by molar-refractivity contribution is 5.86. The molecule has 2 aromatic heterocycles. The van der Waals surface area contributed by atoms with Gasteiger partial charge in [-0.2, -0.15) is 5.10 Å². The summed E-state index contributed by atoms with van der Waals surface area (Å²) in [5.41, 5.74) is 3.02. The lowest BCUT2D eigenvalue weighted by Gasteiger charge is -2.21. The molecule has 0 aliphatic heterocycles. The molecular weight excluding hydrogens is 402 g/mol. The van der Waals surface area contributed by atoms with Crippen molar-refractivity contribution < 1.29 is 9.90 Å². The minimum Gasteiger partial charge on any atom is -0.507 e. The van der Waals surface area contributed by atoms with Gasteiger partial charge in [0.15, 0.2) is 5.52 Å². The SMILES string of the molecule is CCN(CC)c1ccc(/C=N\NC(=O)Cn2cnc3c(=O)n(C)c(=O)n(C)c32)c(O)c1. The van der Waals surface area contributed by atoms with E-state index in [9.17, 15) is 19.5 Å². The van der Waals surface area contributed by atoms with Crippen molar-refractivity contribution in [2.75, 3.05) is 18.0 Å². The summed E-state index contributed by atoms with van der Waals surface area (Å²) < 4.78 is 3.62. The molecule has 0 bridgehead atoms. The van der Waals surface area contributed by atoms with Crippen molar-refractivity contribution in [2.45, 2.75) is 20.4 Å². The third-order valence-electron chi connectivity index (χ3n) is 5.06. The number of fused-ring (bicyclic) bond motifs is 1. The Morgan fingerprint density at radius 3 is 2.58 bits per heavy atom. The zero-order chi connectivity index (χ0) is 22.7. The Hall–Kier alpha value is -3.89. The van der Waals surface area contributed by atoms with Crippen molar-refractivity contribution in [3.8, 4) is 5.75 Å². The van der Waals surface area contributed by atoms with Crippen LogP contribution in [0.15, 0.2) is 39.2 Å². The van der Waals surface area contributed by atoms with Gasteiger partial charge in [0, 0.05) is 44.5 Å². The van der Waals surface area contributed by atoms with E-state index < -0.39 is 17.2 Å². The minimum atomic E-state index is -0.529. The molecule has 0 saturated heterocycles. The Kier molecular flexibility index (Phi) is 6.23. The number of hydrogen-bond donors (Lipinski definition) is 2. The molecule has 0 saturated carbocycles. The van der Waals surface area contributed by atoms with E-state index in [1.165, 1.54) is 35.8 Å². The largest absolute Gasteiger partial charge is 0.507 e. The van der Waals surface area contributed by atoms with E-state index in [-0.39, 0.29) is 23.5 Å². The molecule has 0 fully saturated rings. The Labute approximate surface area is 177 Å². The molecule has 0 spiro atoms. The van der Waals surface area contributed by atoms with Crippen molar-refractivity contribution in [1.82, 2.24) is 24.1 Å². The van der Waals surface area contributed by atoms with Gasteiger partial charge in [-0.1, -0.05) is 0 Å². The molecule has 11 nitrogen and oxygen atoms in total. The molecule has 3 aromatic rings. The van der Waals surface area contributed by atoms with Crippen molar-refractivity contribution in [2.24, 2.45) is 19.2 Å². The third kappa shape index (κ3) is 4.20. The second kappa shape index (κ2) is 8.86. The average Bonchev–Trinajstić information content (AvgIpc) is 3.16. The molecular formula is C20H25N7O4. The number of amides is 1. The molecule has 164 valence electrons. The van der Waals surface area contributed by atoms with Gasteiger partial charge in [0.25, 0.3) is 11.5 Å². The lowest BCUT2D eigenvalue weighted by Crippen LogP contribution is -2.37. The zero-order valence-corrected chi connectivity index (χ0v) is 17.9. The molecule has 31 heavy (non-hydrogen) atoms. The highest BCUT2D eigenvalue weighted by Crippen LogP contribution is 2.23. The van der Waals surface area contributed by atoms with Gasteiger partial charge in [-0.15, -0.1) is 0 Å². The first-order valence-corrected chi connectivity index (χ1v) is 9.79. The summed E-state index contributed by atoms with van der Waals surface area (Å²) >= 11 is 0. The van der Waals surface area contributed by atoms with Gasteiger partial charge in [-0.3, -0.25) is 18.7 Å².